The molecule has 0 aromatic carbocycles. The monoisotopic (exact) mass is 211 g/mol. The molecule has 2 heteroatoms. The molecular weight excluding hydrogens is 186 g/mol. The first-order valence-corrected chi connectivity index (χ1v) is 6.44. The lowest BCUT2D eigenvalue weighted by Gasteiger charge is -2.49. The molecule has 0 bridgehead atoms. The SMILES string of the molecule is CC1CCC2(CNC(C)C(C)O2)CC1C. The Labute approximate surface area is 93.8 Å². The summed E-state index contributed by atoms with van der Waals surface area (Å²) in [5.74, 6) is 1.68. The third kappa shape index (κ3) is 2.21. The van der Waals surface area contributed by atoms with Crippen LogP contribution in [0.15, 0.2) is 0 Å². The zero-order chi connectivity index (χ0) is 11.1. The van der Waals surface area contributed by atoms with Crippen LogP contribution in [0.1, 0.15) is 47.0 Å². The molecule has 5 atom stereocenters. The molecule has 0 radical (unpaired) electrons. The second-order valence-electron chi connectivity index (χ2n) is 5.87. The van der Waals surface area contributed by atoms with Crippen molar-refractivity contribution in [3.8, 4) is 0 Å². The highest BCUT2D eigenvalue weighted by Crippen LogP contribution is 2.40. The Hall–Kier alpha value is -0.0800. The zero-order valence-electron chi connectivity index (χ0n) is 10.5. The minimum absolute atomic E-state index is 0.151. The highest BCUT2D eigenvalue weighted by Gasteiger charge is 2.42. The second kappa shape index (κ2) is 4.06. The Morgan fingerprint density at radius 1 is 1.13 bits per heavy atom. The number of hydrogen-bond acceptors (Lipinski definition) is 2. The van der Waals surface area contributed by atoms with Gasteiger partial charge < -0.3 is 10.1 Å². The minimum atomic E-state index is 0.151. The fraction of sp³-hybridized carbons (Fsp3) is 1.00. The normalized spacial score (nSPS) is 52.0. The molecule has 1 aliphatic heterocycles. The molecule has 15 heavy (non-hydrogen) atoms. The quantitative estimate of drug-likeness (QED) is 0.665. The molecule has 2 nitrogen and oxygen atoms in total. The molecule has 0 aromatic heterocycles. The van der Waals surface area contributed by atoms with Gasteiger partial charge in [-0.3, -0.25) is 0 Å². The van der Waals surface area contributed by atoms with Gasteiger partial charge in [0, 0.05) is 12.6 Å². The highest BCUT2D eigenvalue weighted by molar-refractivity contribution is 4.96. The van der Waals surface area contributed by atoms with E-state index in [1.807, 2.05) is 0 Å². The van der Waals surface area contributed by atoms with Crippen molar-refractivity contribution >= 4 is 0 Å². The van der Waals surface area contributed by atoms with E-state index in [2.05, 4.69) is 33.0 Å². The van der Waals surface area contributed by atoms with Gasteiger partial charge in [0.2, 0.25) is 0 Å². The van der Waals surface area contributed by atoms with Gasteiger partial charge in [0.15, 0.2) is 0 Å². The van der Waals surface area contributed by atoms with Crippen molar-refractivity contribution in [2.24, 2.45) is 11.8 Å². The van der Waals surface area contributed by atoms with Crippen LogP contribution in [0.5, 0.6) is 0 Å². The molecule has 1 saturated carbocycles. The van der Waals surface area contributed by atoms with Crippen molar-refractivity contribution in [1.82, 2.24) is 5.32 Å². The van der Waals surface area contributed by atoms with Gasteiger partial charge in [0.05, 0.1) is 11.7 Å². The molecule has 1 N–H and O–H groups in total. The van der Waals surface area contributed by atoms with Crippen LogP contribution in [0, 0.1) is 11.8 Å². The molecule has 1 aliphatic carbocycles. The van der Waals surface area contributed by atoms with Gasteiger partial charge >= 0.3 is 0 Å². The molecule has 0 aromatic rings. The van der Waals surface area contributed by atoms with Crippen molar-refractivity contribution in [1.29, 1.82) is 0 Å². The zero-order valence-corrected chi connectivity index (χ0v) is 10.5. The maximum absolute atomic E-state index is 6.28. The predicted molar refractivity (Wildman–Crippen MR) is 62.9 cm³/mol. The van der Waals surface area contributed by atoms with Crippen molar-refractivity contribution in [3.05, 3.63) is 0 Å². The number of rotatable bonds is 0. The molecule has 88 valence electrons. The highest BCUT2D eigenvalue weighted by atomic mass is 16.5. The summed E-state index contributed by atoms with van der Waals surface area (Å²) in [6.07, 6.45) is 4.16. The Morgan fingerprint density at radius 3 is 2.47 bits per heavy atom. The number of ether oxygens (including phenoxy) is 1. The van der Waals surface area contributed by atoms with Gasteiger partial charge in [-0.05, 0) is 44.9 Å². The average Bonchev–Trinajstić information content (AvgIpc) is 2.19. The van der Waals surface area contributed by atoms with E-state index in [9.17, 15) is 0 Å². The van der Waals surface area contributed by atoms with Crippen LogP contribution in [0.4, 0.5) is 0 Å². The van der Waals surface area contributed by atoms with E-state index in [0.29, 0.717) is 12.1 Å². The summed E-state index contributed by atoms with van der Waals surface area (Å²) >= 11 is 0. The van der Waals surface area contributed by atoms with Crippen molar-refractivity contribution in [3.63, 3.8) is 0 Å². The Bertz CT molecular complexity index is 205. The first kappa shape index (κ1) is 11.4. The molecule has 1 spiro atoms. The van der Waals surface area contributed by atoms with Gasteiger partial charge in [0.25, 0.3) is 0 Å². The average molecular weight is 211 g/mol. The largest absolute Gasteiger partial charge is 0.369 e. The van der Waals surface area contributed by atoms with E-state index in [1.165, 1.54) is 19.3 Å². The summed E-state index contributed by atoms with van der Waals surface area (Å²) in [5, 5.41) is 3.60. The topological polar surface area (TPSA) is 21.3 Å². The van der Waals surface area contributed by atoms with E-state index in [1.54, 1.807) is 0 Å². The molecule has 1 saturated heterocycles. The Morgan fingerprint density at radius 2 is 1.87 bits per heavy atom. The van der Waals surface area contributed by atoms with E-state index in [0.717, 1.165) is 18.4 Å². The minimum Gasteiger partial charge on any atom is -0.369 e. The van der Waals surface area contributed by atoms with Crippen LogP contribution in [-0.2, 0) is 4.74 Å². The molecule has 0 amide bonds. The van der Waals surface area contributed by atoms with Gasteiger partial charge in [-0.25, -0.2) is 0 Å². The first-order chi connectivity index (χ1) is 7.02. The number of hydrogen-bond donors (Lipinski definition) is 1. The fourth-order valence-electron chi connectivity index (χ4n) is 2.98. The first-order valence-electron chi connectivity index (χ1n) is 6.44. The summed E-state index contributed by atoms with van der Waals surface area (Å²) in [4.78, 5) is 0. The van der Waals surface area contributed by atoms with Crippen LogP contribution >= 0.6 is 0 Å². The van der Waals surface area contributed by atoms with Crippen LogP contribution < -0.4 is 5.32 Å². The number of morpholine rings is 1. The smallest absolute Gasteiger partial charge is 0.0813 e. The lowest BCUT2D eigenvalue weighted by atomic mass is 9.72. The summed E-state index contributed by atoms with van der Waals surface area (Å²) in [5.41, 5.74) is 0.151. The van der Waals surface area contributed by atoms with Gasteiger partial charge in [-0.1, -0.05) is 13.8 Å². The van der Waals surface area contributed by atoms with Crippen molar-refractivity contribution in [2.75, 3.05) is 6.54 Å². The van der Waals surface area contributed by atoms with Crippen LogP contribution in [0.3, 0.4) is 0 Å². The van der Waals surface area contributed by atoms with Gasteiger partial charge in [-0.15, -0.1) is 0 Å². The molecule has 1 heterocycles. The van der Waals surface area contributed by atoms with Crippen LogP contribution in [0.25, 0.3) is 0 Å². The Kier molecular flexibility index (Phi) is 3.09. The maximum Gasteiger partial charge on any atom is 0.0813 e. The molecule has 2 fully saturated rings. The lowest BCUT2D eigenvalue weighted by Crippen LogP contribution is -2.59. The summed E-state index contributed by atoms with van der Waals surface area (Å²) < 4.78 is 6.28. The van der Waals surface area contributed by atoms with Gasteiger partial charge in [0.1, 0.15) is 0 Å². The second-order valence-corrected chi connectivity index (χ2v) is 5.87. The van der Waals surface area contributed by atoms with Crippen LogP contribution in [-0.4, -0.2) is 24.3 Å². The van der Waals surface area contributed by atoms with Crippen LogP contribution in [0.2, 0.25) is 0 Å². The third-order valence-corrected chi connectivity index (χ3v) is 4.61. The van der Waals surface area contributed by atoms with E-state index in [4.69, 9.17) is 4.74 Å². The molecule has 5 unspecified atom stereocenters. The summed E-state index contributed by atoms with van der Waals surface area (Å²) in [6, 6.07) is 0.505. The maximum atomic E-state index is 6.28. The fourth-order valence-corrected chi connectivity index (χ4v) is 2.98. The summed E-state index contributed by atoms with van der Waals surface area (Å²) in [7, 11) is 0. The van der Waals surface area contributed by atoms with E-state index in [-0.39, 0.29) is 5.60 Å². The van der Waals surface area contributed by atoms with Gasteiger partial charge in [-0.2, -0.15) is 0 Å². The molecular formula is C13H25NO. The Balaban J connectivity index is 2.02. The lowest BCUT2D eigenvalue weighted by molar-refractivity contribution is -0.154. The van der Waals surface area contributed by atoms with E-state index < -0.39 is 0 Å². The third-order valence-electron chi connectivity index (χ3n) is 4.61. The molecule has 2 rings (SSSR count). The standard InChI is InChI=1S/C13H25NO/c1-9-5-6-13(7-10(9)2)8-14-11(3)12(4)15-13/h9-12,14H,5-8H2,1-4H3. The van der Waals surface area contributed by atoms with Crippen molar-refractivity contribution < 1.29 is 4.74 Å². The summed E-state index contributed by atoms with van der Waals surface area (Å²) in [6.45, 7) is 10.2. The predicted octanol–water partition coefficient (Wildman–Crippen LogP) is 2.58. The van der Waals surface area contributed by atoms with E-state index >= 15 is 0 Å². The van der Waals surface area contributed by atoms with Crippen molar-refractivity contribution in [2.45, 2.75) is 64.7 Å². The number of nitrogens with one attached hydrogen (secondary N) is 1. The molecule has 2 aliphatic rings.